The Kier molecular flexibility index (Phi) is 4.51. The lowest BCUT2D eigenvalue weighted by molar-refractivity contribution is -0.126. The normalized spacial score (nSPS) is 12.2. The van der Waals surface area contributed by atoms with Crippen molar-refractivity contribution in [3.8, 4) is 11.3 Å². The summed E-state index contributed by atoms with van der Waals surface area (Å²) in [5, 5.41) is 4.91. The van der Waals surface area contributed by atoms with Gasteiger partial charge < -0.3 is 10.1 Å². The minimum atomic E-state index is -0.643. The lowest BCUT2D eigenvalue weighted by Crippen LogP contribution is -2.22. The quantitative estimate of drug-likeness (QED) is 0.572. The molecule has 0 bridgehead atoms. The van der Waals surface area contributed by atoms with Crippen molar-refractivity contribution in [1.82, 2.24) is 9.38 Å². The van der Waals surface area contributed by atoms with E-state index in [0.29, 0.717) is 0 Å². The number of methoxy groups -OCH3 is 1. The fourth-order valence-electron chi connectivity index (χ4n) is 2.82. The number of imidazole rings is 1. The number of nitrogens with zero attached hydrogens (tertiary/aromatic N) is 2. The van der Waals surface area contributed by atoms with Crippen LogP contribution in [-0.4, -0.2) is 22.4 Å². The van der Waals surface area contributed by atoms with E-state index >= 15 is 0 Å². The molecule has 1 N–H and O–H groups in total. The number of nitrogens with one attached hydrogen (secondary N) is 1. The first-order chi connectivity index (χ1) is 12.7. The molecule has 4 rings (SSSR count). The molecule has 0 saturated heterocycles. The maximum absolute atomic E-state index is 12.5. The van der Waals surface area contributed by atoms with Gasteiger partial charge in [-0.15, -0.1) is 11.3 Å². The van der Waals surface area contributed by atoms with Gasteiger partial charge in [0.1, 0.15) is 0 Å². The number of carbonyl (C=O) groups excluding carboxylic acids is 1. The summed E-state index contributed by atoms with van der Waals surface area (Å²) in [6.07, 6.45) is 3.34. The van der Waals surface area contributed by atoms with E-state index in [0.717, 1.165) is 27.5 Å². The van der Waals surface area contributed by atoms with Gasteiger partial charge in [-0.1, -0.05) is 42.5 Å². The lowest BCUT2D eigenvalue weighted by Gasteiger charge is -2.15. The van der Waals surface area contributed by atoms with Gasteiger partial charge in [-0.25, -0.2) is 4.98 Å². The zero-order valence-corrected chi connectivity index (χ0v) is 14.9. The summed E-state index contributed by atoms with van der Waals surface area (Å²) in [7, 11) is 1.53. The number of carbonyl (C=O) groups is 1. The molecule has 130 valence electrons. The zero-order valence-electron chi connectivity index (χ0n) is 14.1. The average molecular weight is 363 g/mol. The predicted octanol–water partition coefficient (Wildman–Crippen LogP) is 4.39. The summed E-state index contributed by atoms with van der Waals surface area (Å²) in [6.45, 7) is 0. The summed E-state index contributed by atoms with van der Waals surface area (Å²) < 4.78 is 7.36. The van der Waals surface area contributed by atoms with Crippen LogP contribution in [-0.2, 0) is 9.53 Å². The number of hydrogen-bond acceptors (Lipinski definition) is 4. The van der Waals surface area contributed by atoms with Gasteiger partial charge >= 0.3 is 0 Å². The molecule has 0 radical (unpaired) electrons. The van der Waals surface area contributed by atoms with Crippen molar-refractivity contribution in [2.75, 3.05) is 12.4 Å². The van der Waals surface area contributed by atoms with Gasteiger partial charge in [0.05, 0.1) is 5.69 Å². The van der Waals surface area contributed by atoms with E-state index in [-0.39, 0.29) is 5.91 Å². The third-order valence-corrected chi connectivity index (χ3v) is 4.89. The van der Waals surface area contributed by atoms with Crippen LogP contribution in [0, 0.1) is 0 Å². The van der Waals surface area contributed by atoms with E-state index in [1.54, 1.807) is 11.3 Å². The second-order valence-electron chi connectivity index (χ2n) is 5.81. The van der Waals surface area contributed by atoms with Crippen LogP contribution in [0.5, 0.6) is 0 Å². The van der Waals surface area contributed by atoms with Crippen LogP contribution in [0.1, 0.15) is 11.7 Å². The minimum Gasteiger partial charge on any atom is -0.367 e. The molecule has 26 heavy (non-hydrogen) atoms. The van der Waals surface area contributed by atoms with Crippen LogP contribution >= 0.6 is 11.3 Å². The molecule has 0 fully saturated rings. The Hall–Kier alpha value is -2.96. The molecule has 1 atom stereocenters. The third kappa shape index (κ3) is 3.24. The molecule has 6 heteroatoms. The minimum absolute atomic E-state index is 0.200. The van der Waals surface area contributed by atoms with Gasteiger partial charge in [0.15, 0.2) is 11.1 Å². The molecule has 5 nitrogen and oxygen atoms in total. The number of hydrogen-bond donors (Lipinski definition) is 1. The van der Waals surface area contributed by atoms with Crippen molar-refractivity contribution in [2.24, 2.45) is 0 Å². The monoisotopic (exact) mass is 363 g/mol. The highest BCUT2D eigenvalue weighted by Gasteiger charge is 2.19. The zero-order chi connectivity index (χ0) is 17.9. The van der Waals surface area contributed by atoms with Gasteiger partial charge in [0, 0.05) is 36.1 Å². The number of amides is 1. The number of aromatic nitrogens is 2. The van der Waals surface area contributed by atoms with Crippen LogP contribution < -0.4 is 5.32 Å². The van der Waals surface area contributed by atoms with E-state index in [4.69, 9.17) is 4.74 Å². The van der Waals surface area contributed by atoms with E-state index in [2.05, 4.69) is 10.3 Å². The molecular weight excluding hydrogens is 346 g/mol. The Morgan fingerprint density at radius 3 is 2.62 bits per heavy atom. The number of anilines is 1. The molecule has 0 spiro atoms. The van der Waals surface area contributed by atoms with Crippen LogP contribution in [0.4, 0.5) is 5.69 Å². The summed E-state index contributed by atoms with van der Waals surface area (Å²) in [6, 6.07) is 17.1. The maximum atomic E-state index is 12.5. The van der Waals surface area contributed by atoms with Gasteiger partial charge in [0.25, 0.3) is 5.91 Å². The van der Waals surface area contributed by atoms with E-state index in [9.17, 15) is 4.79 Å². The van der Waals surface area contributed by atoms with Gasteiger partial charge in [0.2, 0.25) is 0 Å². The van der Waals surface area contributed by atoms with E-state index < -0.39 is 6.10 Å². The number of benzene rings is 2. The van der Waals surface area contributed by atoms with Crippen molar-refractivity contribution in [1.29, 1.82) is 0 Å². The molecule has 1 amide bonds. The highest BCUT2D eigenvalue weighted by molar-refractivity contribution is 7.15. The van der Waals surface area contributed by atoms with Crippen molar-refractivity contribution >= 4 is 27.9 Å². The van der Waals surface area contributed by atoms with E-state index in [1.807, 2.05) is 76.8 Å². The first-order valence-electron chi connectivity index (χ1n) is 8.16. The summed E-state index contributed by atoms with van der Waals surface area (Å²) in [5.74, 6) is -0.200. The van der Waals surface area contributed by atoms with Gasteiger partial charge in [-0.2, -0.15) is 0 Å². The largest absolute Gasteiger partial charge is 0.367 e. The fraction of sp³-hybridized carbons (Fsp3) is 0.100. The molecule has 2 aromatic carbocycles. The maximum Gasteiger partial charge on any atom is 0.258 e. The average Bonchev–Trinajstić information content (AvgIpc) is 3.26. The van der Waals surface area contributed by atoms with Gasteiger partial charge in [-0.3, -0.25) is 9.20 Å². The summed E-state index contributed by atoms with van der Waals surface area (Å²) in [5.41, 5.74) is 3.46. The van der Waals surface area contributed by atoms with Crippen LogP contribution in [0.25, 0.3) is 16.2 Å². The number of fused-ring (bicyclic) bond motifs is 1. The van der Waals surface area contributed by atoms with Crippen molar-refractivity contribution < 1.29 is 9.53 Å². The fourth-order valence-corrected chi connectivity index (χ4v) is 3.52. The Balaban J connectivity index is 1.50. The SMILES string of the molecule is CO[C@@H](C(=O)Nc1ccc(-c2cn3ccsc3n2)cc1)c1ccccc1. The highest BCUT2D eigenvalue weighted by Crippen LogP contribution is 2.24. The first kappa shape index (κ1) is 16.5. The standard InChI is InChI=1S/C20H17N3O2S/c1-25-18(15-5-3-2-4-6-15)19(24)21-16-9-7-14(8-10-16)17-13-23-11-12-26-20(23)22-17/h2-13,18H,1H3,(H,21,24)/t18-/m1/s1. The molecule has 0 saturated carbocycles. The molecule has 0 aliphatic rings. The smallest absolute Gasteiger partial charge is 0.258 e. The van der Waals surface area contributed by atoms with E-state index in [1.165, 1.54) is 7.11 Å². The van der Waals surface area contributed by atoms with Gasteiger partial charge in [-0.05, 0) is 17.7 Å². The van der Waals surface area contributed by atoms with Crippen LogP contribution in [0.2, 0.25) is 0 Å². The molecule has 2 heterocycles. The van der Waals surface area contributed by atoms with Crippen LogP contribution in [0.3, 0.4) is 0 Å². The van der Waals surface area contributed by atoms with Crippen molar-refractivity contribution in [3.05, 3.63) is 77.9 Å². The molecule has 0 aliphatic carbocycles. The van der Waals surface area contributed by atoms with Crippen molar-refractivity contribution in [2.45, 2.75) is 6.10 Å². The molecule has 0 aliphatic heterocycles. The molecular formula is C20H17N3O2S. The molecule has 0 unspecified atom stereocenters. The second-order valence-corrected chi connectivity index (χ2v) is 6.69. The first-order valence-corrected chi connectivity index (χ1v) is 9.04. The predicted molar refractivity (Wildman–Crippen MR) is 103 cm³/mol. The number of thiazole rings is 1. The Labute approximate surface area is 154 Å². The molecule has 4 aromatic rings. The number of ether oxygens (including phenoxy) is 1. The summed E-state index contributed by atoms with van der Waals surface area (Å²) >= 11 is 1.60. The molecule has 2 aromatic heterocycles. The topological polar surface area (TPSA) is 55.6 Å². The highest BCUT2D eigenvalue weighted by atomic mass is 32.1. The Morgan fingerprint density at radius 1 is 1.15 bits per heavy atom. The second kappa shape index (κ2) is 7.11. The lowest BCUT2D eigenvalue weighted by atomic mass is 10.1. The third-order valence-electron chi connectivity index (χ3n) is 4.12. The Bertz CT molecular complexity index is 994. The van der Waals surface area contributed by atoms with Crippen LogP contribution in [0.15, 0.2) is 72.4 Å². The summed E-state index contributed by atoms with van der Waals surface area (Å²) in [4.78, 5) is 18.1. The number of rotatable bonds is 5. The van der Waals surface area contributed by atoms with Crippen molar-refractivity contribution in [3.63, 3.8) is 0 Å². The Morgan fingerprint density at radius 2 is 1.92 bits per heavy atom.